The predicted octanol–water partition coefficient (Wildman–Crippen LogP) is 1.18. The Bertz CT molecular complexity index is 261. The topological polar surface area (TPSA) is 46.6 Å². The molecule has 14 heavy (non-hydrogen) atoms. The number of nitrogens with zero attached hydrogens (tertiary/aromatic N) is 1. The van der Waals surface area contributed by atoms with Crippen LogP contribution in [0, 0.1) is 0 Å². The molecule has 2 amide bonds. The summed E-state index contributed by atoms with van der Waals surface area (Å²) in [5, 5.41) is 0.871. The van der Waals surface area contributed by atoms with Crippen molar-refractivity contribution in [2.45, 2.75) is 38.2 Å². The van der Waals surface area contributed by atoms with Gasteiger partial charge < -0.3 is 0 Å². The van der Waals surface area contributed by atoms with Gasteiger partial charge in [0, 0.05) is 12.2 Å². The van der Waals surface area contributed by atoms with E-state index in [-0.39, 0.29) is 17.9 Å². The van der Waals surface area contributed by atoms with Gasteiger partial charge in [-0.25, -0.2) is 0 Å². The third-order valence-corrected chi connectivity index (χ3v) is 2.58. The summed E-state index contributed by atoms with van der Waals surface area (Å²) < 4.78 is 0. The first-order chi connectivity index (χ1) is 6.77. The Balaban J connectivity index is 1.90. The van der Waals surface area contributed by atoms with Gasteiger partial charge in [0.25, 0.3) is 11.8 Å². The lowest BCUT2D eigenvalue weighted by Crippen LogP contribution is -2.35. The molecular formula is C10H13NO3. The normalized spacial score (nSPS) is 23.6. The van der Waals surface area contributed by atoms with Crippen molar-refractivity contribution in [3.05, 3.63) is 12.2 Å². The van der Waals surface area contributed by atoms with Gasteiger partial charge in [0.1, 0.15) is 0 Å². The van der Waals surface area contributed by atoms with E-state index in [0.717, 1.165) is 30.7 Å². The molecule has 1 fully saturated rings. The number of carbonyl (C=O) groups is 2. The molecule has 76 valence electrons. The molecule has 1 heterocycles. The van der Waals surface area contributed by atoms with Crippen LogP contribution in [-0.2, 0) is 14.4 Å². The van der Waals surface area contributed by atoms with Crippen LogP contribution in [0.1, 0.15) is 32.1 Å². The summed E-state index contributed by atoms with van der Waals surface area (Å²) in [6, 6.07) is 0. The van der Waals surface area contributed by atoms with E-state index in [1.807, 2.05) is 0 Å². The zero-order valence-electron chi connectivity index (χ0n) is 7.94. The van der Waals surface area contributed by atoms with Crippen LogP contribution in [0.4, 0.5) is 0 Å². The smallest absolute Gasteiger partial charge is 0.267 e. The summed E-state index contributed by atoms with van der Waals surface area (Å²) in [4.78, 5) is 27.7. The van der Waals surface area contributed by atoms with Crippen molar-refractivity contribution in [3.63, 3.8) is 0 Å². The third kappa shape index (κ3) is 1.85. The number of hydrogen-bond acceptors (Lipinski definition) is 3. The minimum absolute atomic E-state index is 0.0385. The third-order valence-electron chi connectivity index (χ3n) is 2.58. The first kappa shape index (κ1) is 9.40. The van der Waals surface area contributed by atoms with Crippen molar-refractivity contribution < 1.29 is 14.4 Å². The first-order valence-electron chi connectivity index (χ1n) is 5.00. The molecule has 0 spiro atoms. The molecule has 0 aromatic heterocycles. The highest BCUT2D eigenvalue weighted by Gasteiger charge is 2.28. The van der Waals surface area contributed by atoms with Crippen molar-refractivity contribution in [3.8, 4) is 0 Å². The van der Waals surface area contributed by atoms with Gasteiger partial charge in [-0.2, -0.15) is 0 Å². The van der Waals surface area contributed by atoms with E-state index in [9.17, 15) is 9.59 Å². The van der Waals surface area contributed by atoms with Gasteiger partial charge in [-0.1, -0.05) is 19.3 Å². The van der Waals surface area contributed by atoms with Crippen molar-refractivity contribution in [2.75, 3.05) is 0 Å². The first-order valence-corrected chi connectivity index (χ1v) is 5.00. The van der Waals surface area contributed by atoms with Crippen LogP contribution in [-0.4, -0.2) is 23.0 Å². The highest BCUT2D eigenvalue weighted by Crippen LogP contribution is 2.22. The number of carbonyl (C=O) groups excluding carboxylic acids is 2. The van der Waals surface area contributed by atoms with Gasteiger partial charge in [0.05, 0.1) is 6.10 Å². The summed E-state index contributed by atoms with van der Waals surface area (Å²) in [6.45, 7) is 0. The highest BCUT2D eigenvalue weighted by atomic mass is 16.7. The van der Waals surface area contributed by atoms with Crippen LogP contribution in [0.2, 0.25) is 0 Å². The molecule has 0 saturated heterocycles. The summed E-state index contributed by atoms with van der Waals surface area (Å²) in [5.41, 5.74) is 0. The highest BCUT2D eigenvalue weighted by molar-refractivity contribution is 6.11. The van der Waals surface area contributed by atoms with Crippen molar-refractivity contribution in [2.24, 2.45) is 0 Å². The molecule has 0 atom stereocenters. The average molecular weight is 195 g/mol. The lowest BCUT2D eigenvalue weighted by molar-refractivity contribution is -0.204. The minimum Gasteiger partial charge on any atom is -0.267 e. The molecule has 0 radical (unpaired) electrons. The minimum atomic E-state index is -0.361. The fourth-order valence-corrected chi connectivity index (χ4v) is 1.81. The number of amides is 2. The molecule has 0 aromatic carbocycles. The Hall–Kier alpha value is -1.16. The van der Waals surface area contributed by atoms with Crippen molar-refractivity contribution >= 4 is 11.8 Å². The molecule has 0 aromatic rings. The average Bonchev–Trinajstić information content (AvgIpc) is 2.51. The van der Waals surface area contributed by atoms with Crippen molar-refractivity contribution in [1.82, 2.24) is 5.06 Å². The Kier molecular flexibility index (Phi) is 2.63. The van der Waals surface area contributed by atoms with E-state index in [2.05, 4.69) is 0 Å². The van der Waals surface area contributed by atoms with Crippen LogP contribution < -0.4 is 0 Å². The molecule has 2 aliphatic rings. The number of rotatable bonds is 2. The number of hydrogen-bond donors (Lipinski definition) is 0. The van der Waals surface area contributed by atoms with Crippen LogP contribution in [0.5, 0.6) is 0 Å². The summed E-state index contributed by atoms with van der Waals surface area (Å²) in [5.74, 6) is -0.721. The second-order valence-corrected chi connectivity index (χ2v) is 3.67. The van der Waals surface area contributed by atoms with Gasteiger partial charge in [0.2, 0.25) is 0 Å². The molecule has 0 N–H and O–H groups in total. The standard InChI is InChI=1S/C10H13NO3/c12-9-6-7-10(13)11(9)14-8-4-2-1-3-5-8/h6-8H,1-5H2. The maximum absolute atomic E-state index is 11.2. The SMILES string of the molecule is O=C1C=CC(=O)N1OC1CCCCC1. The molecule has 4 nitrogen and oxygen atoms in total. The molecule has 0 bridgehead atoms. The zero-order valence-corrected chi connectivity index (χ0v) is 7.94. The van der Waals surface area contributed by atoms with Gasteiger partial charge >= 0.3 is 0 Å². The Morgan fingerprint density at radius 1 is 1.07 bits per heavy atom. The van der Waals surface area contributed by atoms with Crippen molar-refractivity contribution in [1.29, 1.82) is 0 Å². The van der Waals surface area contributed by atoms with Crippen LogP contribution >= 0.6 is 0 Å². The summed E-state index contributed by atoms with van der Waals surface area (Å²) in [7, 11) is 0. The monoisotopic (exact) mass is 195 g/mol. The number of hydroxylamine groups is 2. The van der Waals surface area contributed by atoms with Gasteiger partial charge in [0.15, 0.2) is 0 Å². The molecule has 0 unspecified atom stereocenters. The summed E-state index contributed by atoms with van der Waals surface area (Å²) in [6.07, 6.45) is 7.86. The molecule has 1 saturated carbocycles. The quantitative estimate of drug-likeness (QED) is 0.621. The fraction of sp³-hybridized carbons (Fsp3) is 0.600. The summed E-state index contributed by atoms with van der Waals surface area (Å²) >= 11 is 0. The maximum Gasteiger partial charge on any atom is 0.277 e. The number of imide groups is 1. The largest absolute Gasteiger partial charge is 0.277 e. The molecule has 1 aliphatic heterocycles. The van der Waals surface area contributed by atoms with Crippen LogP contribution in [0.25, 0.3) is 0 Å². The molecule has 2 rings (SSSR count). The lowest BCUT2D eigenvalue weighted by atomic mass is 9.98. The van der Waals surface area contributed by atoms with Crippen LogP contribution in [0.3, 0.4) is 0 Å². The lowest BCUT2D eigenvalue weighted by Gasteiger charge is -2.25. The maximum atomic E-state index is 11.2. The molecule has 1 aliphatic carbocycles. The Labute approximate surface area is 82.5 Å². The van der Waals surface area contributed by atoms with E-state index in [0.29, 0.717) is 0 Å². The van der Waals surface area contributed by atoms with Gasteiger partial charge in [-0.15, -0.1) is 5.06 Å². The fourth-order valence-electron chi connectivity index (χ4n) is 1.81. The van der Waals surface area contributed by atoms with Crippen LogP contribution in [0.15, 0.2) is 12.2 Å². The van der Waals surface area contributed by atoms with E-state index in [4.69, 9.17) is 4.84 Å². The molecule has 4 heteroatoms. The Morgan fingerprint density at radius 3 is 2.21 bits per heavy atom. The van der Waals surface area contributed by atoms with Gasteiger partial charge in [-0.3, -0.25) is 14.4 Å². The second kappa shape index (κ2) is 3.92. The Morgan fingerprint density at radius 2 is 1.64 bits per heavy atom. The van der Waals surface area contributed by atoms with E-state index >= 15 is 0 Å². The van der Waals surface area contributed by atoms with E-state index in [1.54, 1.807) is 0 Å². The molecular weight excluding hydrogens is 182 g/mol. The zero-order chi connectivity index (χ0) is 9.97. The van der Waals surface area contributed by atoms with E-state index in [1.165, 1.54) is 18.6 Å². The predicted molar refractivity (Wildman–Crippen MR) is 49.0 cm³/mol. The van der Waals surface area contributed by atoms with Gasteiger partial charge in [-0.05, 0) is 12.8 Å². The second-order valence-electron chi connectivity index (χ2n) is 3.67. The van der Waals surface area contributed by atoms with E-state index < -0.39 is 0 Å².